The van der Waals surface area contributed by atoms with E-state index < -0.39 is 0 Å². The monoisotopic (exact) mass is 186 g/mol. The highest BCUT2D eigenvalue weighted by Crippen LogP contribution is 2.12. The molecule has 12 heavy (non-hydrogen) atoms. The maximum atomic E-state index is 5.58. The molecule has 2 N–H and O–H groups in total. The van der Waals surface area contributed by atoms with Crippen molar-refractivity contribution in [1.82, 2.24) is 0 Å². The second kappa shape index (κ2) is 3.45. The van der Waals surface area contributed by atoms with Crippen LogP contribution in [0.2, 0.25) is 0 Å². The Morgan fingerprint density at radius 3 is 2.75 bits per heavy atom. The van der Waals surface area contributed by atoms with Crippen molar-refractivity contribution in [3.05, 3.63) is 0 Å². The fourth-order valence-electron chi connectivity index (χ4n) is 1.24. The van der Waals surface area contributed by atoms with Crippen LogP contribution in [0.5, 0.6) is 0 Å². The second-order valence-corrected chi connectivity index (χ2v) is 3.72. The van der Waals surface area contributed by atoms with Crippen LogP contribution in [0.3, 0.4) is 0 Å². The lowest BCUT2D eigenvalue weighted by atomic mass is 10.5. The summed E-state index contributed by atoms with van der Waals surface area (Å²) in [6, 6.07) is 0. The molecule has 0 aromatic heterocycles. The van der Waals surface area contributed by atoms with Gasteiger partial charge in [-0.15, -0.1) is 0 Å². The fraction of sp³-hybridized carbons (Fsp3) is 0.714. The van der Waals surface area contributed by atoms with Crippen molar-refractivity contribution in [2.75, 3.05) is 32.1 Å². The Labute approximate surface area is 75.5 Å². The van der Waals surface area contributed by atoms with Gasteiger partial charge in [0.2, 0.25) is 5.84 Å². The van der Waals surface area contributed by atoms with E-state index in [0.29, 0.717) is 0 Å². The van der Waals surface area contributed by atoms with Crippen molar-refractivity contribution in [1.29, 1.82) is 0 Å². The number of nitrogens with two attached hydrogens (primary N) is 1. The molecule has 2 aliphatic rings. The maximum Gasteiger partial charge on any atom is 0.357 e. The molecule has 66 valence electrons. The summed E-state index contributed by atoms with van der Waals surface area (Å²) in [5.74, 6) is 1.58. The van der Waals surface area contributed by atoms with Crippen LogP contribution in [0.4, 0.5) is 0 Å². The molecule has 5 heteroatoms. The normalized spacial score (nSPS) is 24.5. The number of hydrogen-bond acceptors (Lipinski definition) is 3. The molecule has 0 spiro atoms. The number of ether oxygens (including phenoxy) is 1. The van der Waals surface area contributed by atoms with Gasteiger partial charge in [0.05, 0.1) is 19.0 Å². The van der Waals surface area contributed by atoms with Gasteiger partial charge in [0.25, 0.3) is 0 Å². The minimum atomic E-state index is 0.737. The molecule has 0 radical (unpaired) electrons. The third-order valence-electron chi connectivity index (χ3n) is 1.87. The topological polar surface area (TPSA) is 50.6 Å². The van der Waals surface area contributed by atoms with Gasteiger partial charge in [0, 0.05) is 0 Å². The first-order valence-corrected chi connectivity index (χ1v) is 5.00. The van der Waals surface area contributed by atoms with Crippen LogP contribution in [0.15, 0.2) is 4.99 Å². The Balaban J connectivity index is 2.13. The van der Waals surface area contributed by atoms with Crippen molar-refractivity contribution in [2.45, 2.75) is 0 Å². The van der Waals surface area contributed by atoms with E-state index in [1.807, 2.05) is 0 Å². The Morgan fingerprint density at radius 2 is 2.17 bits per heavy atom. The van der Waals surface area contributed by atoms with E-state index in [2.05, 4.69) is 9.57 Å². The Bertz CT molecular complexity index is 241. The van der Waals surface area contributed by atoms with Crippen molar-refractivity contribution < 1.29 is 9.31 Å². The number of thioether (sulfide) groups is 1. The van der Waals surface area contributed by atoms with Gasteiger partial charge >= 0.3 is 5.17 Å². The summed E-state index contributed by atoms with van der Waals surface area (Å²) >= 11 is 1.72. The zero-order chi connectivity index (χ0) is 8.39. The van der Waals surface area contributed by atoms with Crippen LogP contribution in [-0.4, -0.2) is 47.6 Å². The van der Waals surface area contributed by atoms with E-state index in [9.17, 15) is 0 Å². The van der Waals surface area contributed by atoms with Crippen LogP contribution < -0.4 is 5.73 Å². The SMILES string of the molecule is NC1=NC(=[N+]2CCOCC2)SC1. The van der Waals surface area contributed by atoms with E-state index >= 15 is 0 Å². The molecule has 0 aliphatic carbocycles. The van der Waals surface area contributed by atoms with E-state index in [0.717, 1.165) is 43.1 Å². The molecule has 0 unspecified atom stereocenters. The summed E-state index contributed by atoms with van der Waals surface area (Å²) in [4.78, 5) is 4.26. The van der Waals surface area contributed by atoms with Crippen molar-refractivity contribution >= 4 is 22.8 Å². The van der Waals surface area contributed by atoms with Crippen molar-refractivity contribution in [3.8, 4) is 0 Å². The molecule has 1 saturated heterocycles. The number of hydrogen-bond donors (Lipinski definition) is 1. The molecule has 1 fully saturated rings. The highest BCUT2D eigenvalue weighted by atomic mass is 32.2. The zero-order valence-corrected chi connectivity index (χ0v) is 7.64. The molecular weight excluding hydrogens is 174 g/mol. The molecule has 4 nitrogen and oxygen atoms in total. The van der Waals surface area contributed by atoms with Gasteiger partial charge in [-0.1, -0.05) is 0 Å². The predicted octanol–water partition coefficient (Wildman–Crippen LogP) is -0.511. The molecule has 2 rings (SSSR count). The first-order chi connectivity index (χ1) is 5.86. The Hall–Kier alpha value is -0.550. The standard InChI is InChI=1S/C7H11N3OS/c8-6-5-12-7(9-6)10-1-3-11-4-2-10/h8H,1-5H2/p+1. The highest BCUT2D eigenvalue weighted by molar-refractivity contribution is 8.14. The molecule has 0 aromatic carbocycles. The predicted molar refractivity (Wildman–Crippen MR) is 49.9 cm³/mol. The summed E-state index contributed by atoms with van der Waals surface area (Å²) < 4.78 is 7.47. The first-order valence-electron chi connectivity index (χ1n) is 4.02. The molecule has 0 amide bonds. The molecular formula is C7H12N3OS+. The number of nitrogens with zero attached hydrogens (tertiary/aromatic N) is 2. The molecule has 2 aliphatic heterocycles. The fourth-order valence-corrected chi connectivity index (χ4v) is 2.13. The van der Waals surface area contributed by atoms with Gasteiger partial charge in [0.15, 0.2) is 0 Å². The number of morpholine rings is 1. The van der Waals surface area contributed by atoms with Crippen molar-refractivity contribution in [3.63, 3.8) is 0 Å². The molecule has 2 heterocycles. The average Bonchev–Trinajstić information content (AvgIpc) is 2.54. The van der Waals surface area contributed by atoms with E-state index in [1.54, 1.807) is 11.8 Å². The zero-order valence-electron chi connectivity index (χ0n) is 6.82. The maximum absolute atomic E-state index is 5.58. The van der Waals surface area contributed by atoms with Gasteiger partial charge < -0.3 is 10.5 Å². The minimum Gasteiger partial charge on any atom is -0.373 e. The summed E-state index contributed by atoms with van der Waals surface area (Å²) in [5.41, 5.74) is 5.58. The smallest absolute Gasteiger partial charge is 0.357 e. The van der Waals surface area contributed by atoms with Crippen LogP contribution in [-0.2, 0) is 4.74 Å². The summed E-state index contributed by atoms with van der Waals surface area (Å²) in [6.45, 7) is 3.50. The number of amidine groups is 2. The Kier molecular flexibility index (Phi) is 2.32. The van der Waals surface area contributed by atoms with Crippen LogP contribution in [0.1, 0.15) is 0 Å². The Morgan fingerprint density at radius 1 is 1.42 bits per heavy atom. The summed E-state index contributed by atoms with van der Waals surface area (Å²) in [6.07, 6.45) is 0. The van der Waals surface area contributed by atoms with E-state index in [1.165, 1.54) is 0 Å². The molecule has 0 atom stereocenters. The molecule has 0 bridgehead atoms. The van der Waals surface area contributed by atoms with Crippen LogP contribution in [0.25, 0.3) is 0 Å². The third-order valence-corrected chi connectivity index (χ3v) is 2.92. The molecule has 0 aromatic rings. The van der Waals surface area contributed by atoms with Gasteiger partial charge in [0.1, 0.15) is 13.1 Å². The van der Waals surface area contributed by atoms with E-state index in [4.69, 9.17) is 10.5 Å². The number of rotatable bonds is 0. The molecule has 0 saturated carbocycles. The lowest BCUT2D eigenvalue weighted by molar-refractivity contribution is -0.547. The summed E-state index contributed by atoms with van der Waals surface area (Å²) in [7, 11) is 0. The summed E-state index contributed by atoms with van der Waals surface area (Å²) in [5, 5.41) is 1.07. The van der Waals surface area contributed by atoms with Gasteiger partial charge in [-0.25, -0.2) is 4.58 Å². The van der Waals surface area contributed by atoms with Gasteiger partial charge in [-0.3, -0.25) is 0 Å². The van der Waals surface area contributed by atoms with Gasteiger partial charge in [-0.2, -0.15) is 0 Å². The van der Waals surface area contributed by atoms with Gasteiger partial charge in [-0.05, 0) is 16.8 Å². The lowest BCUT2D eigenvalue weighted by Crippen LogP contribution is -2.31. The minimum absolute atomic E-state index is 0.737. The lowest BCUT2D eigenvalue weighted by Gasteiger charge is -2.13. The van der Waals surface area contributed by atoms with Crippen LogP contribution >= 0.6 is 11.8 Å². The largest absolute Gasteiger partial charge is 0.373 e. The average molecular weight is 186 g/mol. The highest BCUT2D eigenvalue weighted by Gasteiger charge is 2.24. The number of aliphatic imine (C=N–C) groups is 1. The second-order valence-electron chi connectivity index (χ2n) is 2.77. The quantitative estimate of drug-likeness (QED) is 0.518. The van der Waals surface area contributed by atoms with E-state index in [-0.39, 0.29) is 0 Å². The third kappa shape index (κ3) is 1.61. The van der Waals surface area contributed by atoms with Crippen molar-refractivity contribution in [2.24, 2.45) is 10.7 Å². The van der Waals surface area contributed by atoms with Crippen LogP contribution in [0, 0.1) is 0 Å². The first kappa shape index (κ1) is 8.07.